The second-order valence-corrected chi connectivity index (χ2v) is 6.90. The van der Waals surface area contributed by atoms with E-state index in [-0.39, 0.29) is 33.4 Å². The van der Waals surface area contributed by atoms with E-state index < -0.39 is 30.4 Å². The Labute approximate surface area is 170 Å². The highest BCUT2D eigenvalue weighted by molar-refractivity contribution is 7.18. The predicted molar refractivity (Wildman–Crippen MR) is 103 cm³/mol. The van der Waals surface area contributed by atoms with Crippen molar-refractivity contribution in [3.05, 3.63) is 33.0 Å². The molecular formula is C18H21N3O7S. The first kappa shape index (κ1) is 22.1. The normalized spacial score (nSPS) is 10.4. The third-order valence-electron chi connectivity index (χ3n) is 3.88. The van der Waals surface area contributed by atoms with E-state index in [2.05, 4.69) is 15.8 Å². The van der Waals surface area contributed by atoms with Crippen LogP contribution in [0.1, 0.15) is 54.3 Å². The van der Waals surface area contributed by atoms with E-state index in [0.717, 1.165) is 11.3 Å². The number of aromatic nitrogens is 1. The van der Waals surface area contributed by atoms with Crippen LogP contribution >= 0.6 is 11.3 Å². The summed E-state index contributed by atoms with van der Waals surface area (Å²) in [5, 5.41) is 8.77. The average molecular weight is 423 g/mol. The Morgan fingerprint density at radius 1 is 1.07 bits per heavy atom. The minimum absolute atomic E-state index is 0.0841. The maximum Gasteiger partial charge on any atom is 0.344 e. The summed E-state index contributed by atoms with van der Waals surface area (Å²) >= 11 is 0.928. The van der Waals surface area contributed by atoms with Gasteiger partial charge >= 0.3 is 11.9 Å². The third-order valence-corrected chi connectivity index (χ3v) is 5.09. The molecule has 0 aliphatic rings. The van der Waals surface area contributed by atoms with Gasteiger partial charge < -0.3 is 24.6 Å². The Morgan fingerprint density at radius 2 is 1.72 bits per heavy atom. The second-order valence-electron chi connectivity index (χ2n) is 5.88. The van der Waals surface area contributed by atoms with E-state index in [9.17, 15) is 19.2 Å². The number of amides is 2. The molecule has 29 heavy (non-hydrogen) atoms. The Morgan fingerprint density at radius 3 is 2.28 bits per heavy atom. The van der Waals surface area contributed by atoms with Crippen LogP contribution in [0.2, 0.25) is 0 Å². The first-order valence-corrected chi connectivity index (χ1v) is 9.45. The maximum atomic E-state index is 12.3. The lowest BCUT2D eigenvalue weighted by atomic mass is 10.1. The monoisotopic (exact) mass is 423 g/mol. The molecule has 2 N–H and O–H groups in total. The first-order chi connectivity index (χ1) is 13.7. The number of nitrogens with one attached hydrogen (secondary N) is 2. The van der Waals surface area contributed by atoms with Crippen molar-refractivity contribution in [1.29, 1.82) is 0 Å². The Kier molecular flexibility index (Phi) is 7.10. The highest BCUT2D eigenvalue weighted by Crippen LogP contribution is 2.33. The summed E-state index contributed by atoms with van der Waals surface area (Å²) in [5.41, 5.74) is 0.970. The minimum Gasteiger partial charge on any atom is -0.462 e. The number of rotatable bonds is 7. The highest BCUT2D eigenvalue weighted by atomic mass is 32.1. The molecule has 11 heteroatoms. The fraction of sp³-hybridized carbons (Fsp3) is 0.389. The van der Waals surface area contributed by atoms with Gasteiger partial charge in [0.2, 0.25) is 0 Å². The molecule has 0 radical (unpaired) electrons. The summed E-state index contributed by atoms with van der Waals surface area (Å²) in [7, 11) is 1.46. The summed E-state index contributed by atoms with van der Waals surface area (Å²) in [6.07, 6.45) is 0. The summed E-state index contributed by atoms with van der Waals surface area (Å²) in [4.78, 5) is 49.0. The molecule has 0 fully saturated rings. The summed E-state index contributed by atoms with van der Waals surface area (Å²) in [5.74, 6) is -2.22. The fourth-order valence-electron chi connectivity index (χ4n) is 2.52. The van der Waals surface area contributed by atoms with Gasteiger partial charge in [0.15, 0.2) is 6.61 Å². The SMILES string of the molecule is CCOC(=O)c1c(NC(=O)COC(=O)c2c(C)noc2C)sc(C(=O)NC)c1C. The van der Waals surface area contributed by atoms with Gasteiger partial charge in [0.05, 0.1) is 22.7 Å². The van der Waals surface area contributed by atoms with Crippen molar-refractivity contribution in [2.75, 3.05) is 25.6 Å². The second kappa shape index (κ2) is 9.32. The highest BCUT2D eigenvalue weighted by Gasteiger charge is 2.27. The van der Waals surface area contributed by atoms with Crippen LogP contribution in [0, 0.1) is 20.8 Å². The van der Waals surface area contributed by atoms with Crippen LogP contribution in [0.15, 0.2) is 4.52 Å². The lowest BCUT2D eigenvalue weighted by Crippen LogP contribution is -2.22. The van der Waals surface area contributed by atoms with Crippen LogP contribution in [0.25, 0.3) is 0 Å². The molecule has 10 nitrogen and oxygen atoms in total. The molecule has 2 heterocycles. The van der Waals surface area contributed by atoms with Crippen LogP contribution in [-0.4, -0.2) is 49.2 Å². The van der Waals surface area contributed by atoms with Crippen LogP contribution in [0.3, 0.4) is 0 Å². The van der Waals surface area contributed by atoms with Gasteiger partial charge in [0.1, 0.15) is 16.3 Å². The molecule has 0 saturated heterocycles. The first-order valence-electron chi connectivity index (χ1n) is 8.63. The van der Waals surface area contributed by atoms with Crippen molar-refractivity contribution in [1.82, 2.24) is 10.5 Å². The molecule has 0 aromatic carbocycles. The van der Waals surface area contributed by atoms with E-state index in [4.69, 9.17) is 14.0 Å². The van der Waals surface area contributed by atoms with E-state index >= 15 is 0 Å². The van der Waals surface area contributed by atoms with Crippen molar-refractivity contribution < 1.29 is 33.2 Å². The molecule has 0 atom stereocenters. The molecule has 2 aromatic rings. The molecule has 156 valence electrons. The molecule has 0 spiro atoms. The molecule has 0 saturated carbocycles. The number of anilines is 1. The Bertz CT molecular complexity index is 942. The number of thiophene rings is 1. The smallest absolute Gasteiger partial charge is 0.344 e. The molecule has 2 aromatic heterocycles. The lowest BCUT2D eigenvalue weighted by molar-refractivity contribution is -0.119. The standard InChI is InChI=1S/C18H21N3O7S/c1-6-26-17(24)12-8(2)14(15(23)19-5)29-16(12)20-11(22)7-27-18(25)13-9(3)21-28-10(13)4/h6-7H2,1-5H3,(H,19,23)(H,20,22). The fourth-order valence-corrected chi connectivity index (χ4v) is 3.68. The quantitative estimate of drug-likeness (QED) is 0.645. The lowest BCUT2D eigenvalue weighted by Gasteiger charge is -2.08. The predicted octanol–water partition coefficient (Wildman–Crippen LogP) is 1.99. The van der Waals surface area contributed by atoms with Gasteiger partial charge in [-0.05, 0) is 33.3 Å². The topological polar surface area (TPSA) is 137 Å². The zero-order chi connectivity index (χ0) is 21.7. The van der Waals surface area contributed by atoms with Crippen molar-refractivity contribution in [3.8, 4) is 0 Å². The van der Waals surface area contributed by atoms with E-state index in [1.165, 1.54) is 7.05 Å². The van der Waals surface area contributed by atoms with E-state index in [1.807, 2.05) is 0 Å². The van der Waals surface area contributed by atoms with Gasteiger partial charge in [0, 0.05) is 7.05 Å². The van der Waals surface area contributed by atoms with Gasteiger partial charge in [-0.25, -0.2) is 9.59 Å². The summed E-state index contributed by atoms with van der Waals surface area (Å²) < 4.78 is 14.9. The Balaban J connectivity index is 2.17. The van der Waals surface area contributed by atoms with Crippen molar-refractivity contribution >= 4 is 40.1 Å². The minimum atomic E-state index is -0.754. The molecule has 0 aliphatic carbocycles. The summed E-state index contributed by atoms with van der Waals surface area (Å²) in [6, 6.07) is 0. The number of hydrogen-bond donors (Lipinski definition) is 2. The number of nitrogens with zero attached hydrogens (tertiary/aromatic N) is 1. The number of carbonyl (C=O) groups is 4. The van der Waals surface area contributed by atoms with Gasteiger partial charge in [0.25, 0.3) is 11.8 Å². The van der Waals surface area contributed by atoms with E-state index in [0.29, 0.717) is 11.3 Å². The van der Waals surface area contributed by atoms with Crippen LogP contribution in [0.5, 0.6) is 0 Å². The van der Waals surface area contributed by atoms with Gasteiger partial charge in [-0.15, -0.1) is 11.3 Å². The molecule has 0 unspecified atom stereocenters. The maximum absolute atomic E-state index is 12.3. The van der Waals surface area contributed by atoms with Crippen LogP contribution in [0.4, 0.5) is 5.00 Å². The summed E-state index contributed by atoms with van der Waals surface area (Å²) in [6.45, 7) is 5.89. The largest absolute Gasteiger partial charge is 0.462 e. The number of ether oxygens (including phenoxy) is 2. The van der Waals surface area contributed by atoms with Crippen molar-refractivity contribution in [2.24, 2.45) is 0 Å². The van der Waals surface area contributed by atoms with Crippen LogP contribution in [-0.2, 0) is 14.3 Å². The van der Waals surface area contributed by atoms with Gasteiger partial charge in [-0.2, -0.15) is 0 Å². The number of hydrogen-bond acceptors (Lipinski definition) is 9. The van der Waals surface area contributed by atoms with Crippen molar-refractivity contribution in [3.63, 3.8) is 0 Å². The Hall–Kier alpha value is -3.21. The van der Waals surface area contributed by atoms with Gasteiger partial charge in [-0.3, -0.25) is 9.59 Å². The number of carbonyl (C=O) groups excluding carboxylic acids is 4. The molecule has 2 amide bonds. The molecule has 0 bridgehead atoms. The zero-order valence-electron chi connectivity index (χ0n) is 16.6. The van der Waals surface area contributed by atoms with Crippen LogP contribution < -0.4 is 10.6 Å². The van der Waals surface area contributed by atoms with E-state index in [1.54, 1.807) is 27.7 Å². The molecule has 2 rings (SSSR count). The number of aryl methyl sites for hydroxylation is 2. The average Bonchev–Trinajstić information content (AvgIpc) is 3.18. The molecular weight excluding hydrogens is 402 g/mol. The van der Waals surface area contributed by atoms with Gasteiger partial charge in [-0.1, -0.05) is 5.16 Å². The third kappa shape index (κ3) is 4.80. The molecule has 0 aliphatic heterocycles. The van der Waals surface area contributed by atoms with Crippen molar-refractivity contribution in [2.45, 2.75) is 27.7 Å². The zero-order valence-corrected chi connectivity index (χ0v) is 17.4. The number of esters is 2.